The van der Waals surface area contributed by atoms with Gasteiger partial charge < -0.3 is 10.3 Å². The highest BCUT2D eigenvalue weighted by Crippen LogP contribution is 2.28. The standard InChI is InChI=1S/C12H8IN3OS/c13-10-5-7(6-18-10)12-15-11(16-17-12)8-3-1-2-4-9(8)14/h1-6H,14H2. The van der Waals surface area contributed by atoms with E-state index in [9.17, 15) is 0 Å². The summed E-state index contributed by atoms with van der Waals surface area (Å²) in [6, 6.07) is 9.48. The number of nitrogens with two attached hydrogens (primary N) is 1. The number of halogens is 1. The number of anilines is 1. The zero-order valence-electron chi connectivity index (χ0n) is 9.13. The van der Waals surface area contributed by atoms with Crippen molar-refractivity contribution >= 4 is 39.6 Å². The van der Waals surface area contributed by atoms with Crippen molar-refractivity contribution in [3.8, 4) is 22.8 Å². The predicted molar refractivity (Wildman–Crippen MR) is 80.2 cm³/mol. The van der Waals surface area contributed by atoms with Crippen LogP contribution in [0.15, 0.2) is 40.2 Å². The summed E-state index contributed by atoms with van der Waals surface area (Å²) < 4.78 is 6.44. The third-order valence-corrected chi connectivity index (χ3v) is 4.23. The second kappa shape index (κ2) is 4.69. The number of nitrogens with zero attached hydrogens (tertiary/aromatic N) is 2. The summed E-state index contributed by atoms with van der Waals surface area (Å²) in [5.41, 5.74) is 8.26. The van der Waals surface area contributed by atoms with E-state index in [0.717, 1.165) is 11.1 Å². The fraction of sp³-hybridized carbons (Fsp3) is 0. The molecule has 0 aliphatic heterocycles. The lowest BCUT2D eigenvalue weighted by atomic mass is 10.2. The number of hydrogen-bond acceptors (Lipinski definition) is 5. The second-order valence-corrected chi connectivity index (χ2v) is 6.46. The zero-order chi connectivity index (χ0) is 12.5. The summed E-state index contributed by atoms with van der Waals surface area (Å²) in [6.45, 7) is 0. The first-order chi connectivity index (χ1) is 8.74. The van der Waals surface area contributed by atoms with E-state index in [0.29, 0.717) is 17.4 Å². The highest BCUT2D eigenvalue weighted by Gasteiger charge is 2.13. The predicted octanol–water partition coefficient (Wildman–Crippen LogP) is 3.65. The van der Waals surface area contributed by atoms with E-state index >= 15 is 0 Å². The topological polar surface area (TPSA) is 64.9 Å². The average molecular weight is 369 g/mol. The first kappa shape index (κ1) is 11.7. The summed E-state index contributed by atoms with van der Waals surface area (Å²) in [5, 5.41) is 5.96. The number of benzene rings is 1. The van der Waals surface area contributed by atoms with Crippen molar-refractivity contribution in [3.05, 3.63) is 38.6 Å². The van der Waals surface area contributed by atoms with Gasteiger partial charge in [0.25, 0.3) is 5.89 Å². The minimum atomic E-state index is 0.518. The maximum absolute atomic E-state index is 5.88. The molecule has 0 aliphatic carbocycles. The Bertz CT molecular complexity index is 692. The maximum atomic E-state index is 5.88. The summed E-state index contributed by atoms with van der Waals surface area (Å²) in [4.78, 5) is 4.37. The Morgan fingerprint density at radius 2 is 2.11 bits per heavy atom. The Morgan fingerprint density at radius 1 is 1.28 bits per heavy atom. The van der Waals surface area contributed by atoms with Crippen molar-refractivity contribution in [1.29, 1.82) is 0 Å². The highest BCUT2D eigenvalue weighted by molar-refractivity contribution is 14.1. The molecule has 0 bridgehead atoms. The van der Waals surface area contributed by atoms with Crippen LogP contribution in [-0.4, -0.2) is 10.1 Å². The number of nitrogen functional groups attached to an aromatic ring is 1. The van der Waals surface area contributed by atoms with Crippen molar-refractivity contribution in [2.24, 2.45) is 0 Å². The van der Waals surface area contributed by atoms with Gasteiger partial charge in [-0.2, -0.15) is 4.98 Å². The monoisotopic (exact) mass is 369 g/mol. The Kier molecular flexibility index (Phi) is 3.04. The summed E-state index contributed by atoms with van der Waals surface area (Å²) in [5.74, 6) is 1.04. The number of para-hydroxylation sites is 1. The molecule has 0 saturated carbocycles. The highest BCUT2D eigenvalue weighted by atomic mass is 127. The van der Waals surface area contributed by atoms with Crippen molar-refractivity contribution in [2.75, 3.05) is 5.73 Å². The van der Waals surface area contributed by atoms with E-state index in [-0.39, 0.29) is 0 Å². The molecule has 0 unspecified atom stereocenters. The van der Waals surface area contributed by atoms with E-state index in [4.69, 9.17) is 10.3 Å². The molecule has 0 spiro atoms. The van der Waals surface area contributed by atoms with Gasteiger partial charge in [0.1, 0.15) is 0 Å². The van der Waals surface area contributed by atoms with Gasteiger partial charge in [-0.1, -0.05) is 17.3 Å². The number of hydrogen-bond donors (Lipinski definition) is 1. The van der Waals surface area contributed by atoms with Gasteiger partial charge in [-0.05, 0) is 40.8 Å². The number of thiophene rings is 1. The lowest BCUT2D eigenvalue weighted by Gasteiger charge is -1.97. The molecule has 0 aliphatic rings. The van der Waals surface area contributed by atoms with Crippen molar-refractivity contribution in [2.45, 2.75) is 0 Å². The van der Waals surface area contributed by atoms with Gasteiger partial charge in [-0.15, -0.1) is 11.3 Å². The molecule has 0 atom stereocenters. The van der Waals surface area contributed by atoms with Crippen molar-refractivity contribution in [1.82, 2.24) is 10.1 Å². The van der Waals surface area contributed by atoms with Crippen LogP contribution in [0.25, 0.3) is 22.8 Å². The normalized spacial score (nSPS) is 10.7. The van der Waals surface area contributed by atoms with E-state index in [2.05, 4.69) is 32.7 Å². The molecule has 0 fully saturated rings. The molecule has 6 heteroatoms. The third kappa shape index (κ3) is 2.13. The van der Waals surface area contributed by atoms with Crippen LogP contribution in [0.1, 0.15) is 0 Å². The van der Waals surface area contributed by atoms with Crippen LogP contribution in [0, 0.1) is 2.88 Å². The van der Waals surface area contributed by atoms with E-state index in [1.54, 1.807) is 11.3 Å². The van der Waals surface area contributed by atoms with E-state index in [1.165, 1.54) is 2.88 Å². The summed E-state index contributed by atoms with van der Waals surface area (Å²) in [6.07, 6.45) is 0. The lowest BCUT2D eigenvalue weighted by molar-refractivity contribution is 0.432. The smallest absolute Gasteiger partial charge is 0.259 e. The third-order valence-electron chi connectivity index (χ3n) is 2.44. The fourth-order valence-corrected chi connectivity index (χ4v) is 2.89. The molecule has 2 aromatic heterocycles. The molecule has 0 saturated heterocycles. The number of aromatic nitrogens is 2. The van der Waals surface area contributed by atoms with Gasteiger partial charge in [0.2, 0.25) is 5.82 Å². The van der Waals surface area contributed by atoms with Gasteiger partial charge >= 0.3 is 0 Å². The molecule has 2 heterocycles. The molecular formula is C12H8IN3OS. The molecule has 3 aromatic rings. The molecule has 4 nitrogen and oxygen atoms in total. The van der Waals surface area contributed by atoms with Gasteiger partial charge in [0, 0.05) is 16.6 Å². The van der Waals surface area contributed by atoms with Crippen molar-refractivity contribution in [3.63, 3.8) is 0 Å². The Hall–Kier alpha value is -1.41. The van der Waals surface area contributed by atoms with Crippen LogP contribution in [0.5, 0.6) is 0 Å². The van der Waals surface area contributed by atoms with Crippen LogP contribution in [0.3, 0.4) is 0 Å². The molecular weight excluding hydrogens is 361 g/mol. The molecule has 0 amide bonds. The van der Waals surface area contributed by atoms with E-state index < -0.39 is 0 Å². The van der Waals surface area contributed by atoms with Gasteiger partial charge in [-0.3, -0.25) is 0 Å². The van der Waals surface area contributed by atoms with Crippen LogP contribution in [0.4, 0.5) is 5.69 Å². The van der Waals surface area contributed by atoms with Crippen LogP contribution in [0.2, 0.25) is 0 Å². The van der Waals surface area contributed by atoms with Gasteiger partial charge in [0.15, 0.2) is 0 Å². The van der Waals surface area contributed by atoms with Crippen LogP contribution in [-0.2, 0) is 0 Å². The quantitative estimate of drug-likeness (QED) is 0.553. The summed E-state index contributed by atoms with van der Waals surface area (Å²) in [7, 11) is 0. The maximum Gasteiger partial charge on any atom is 0.259 e. The van der Waals surface area contributed by atoms with Crippen molar-refractivity contribution < 1.29 is 4.52 Å². The minimum Gasteiger partial charge on any atom is -0.398 e. The average Bonchev–Trinajstić information content (AvgIpc) is 2.98. The largest absolute Gasteiger partial charge is 0.398 e. The van der Waals surface area contributed by atoms with E-state index in [1.807, 2.05) is 35.7 Å². The molecule has 0 radical (unpaired) electrons. The first-order valence-electron chi connectivity index (χ1n) is 5.17. The van der Waals surface area contributed by atoms with Gasteiger partial charge in [-0.25, -0.2) is 0 Å². The molecule has 1 aromatic carbocycles. The summed E-state index contributed by atoms with van der Waals surface area (Å²) >= 11 is 3.90. The zero-order valence-corrected chi connectivity index (χ0v) is 12.1. The molecule has 3 rings (SSSR count). The number of rotatable bonds is 2. The van der Waals surface area contributed by atoms with Crippen LogP contribution >= 0.6 is 33.9 Å². The Morgan fingerprint density at radius 3 is 2.83 bits per heavy atom. The second-order valence-electron chi connectivity index (χ2n) is 3.65. The molecule has 90 valence electrons. The Labute approximate surface area is 121 Å². The lowest BCUT2D eigenvalue weighted by Crippen LogP contribution is -1.90. The Balaban J connectivity index is 2.02. The van der Waals surface area contributed by atoms with Crippen LogP contribution < -0.4 is 5.73 Å². The van der Waals surface area contributed by atoms with Gasteiger partial charge in [0.05, 0.1) is 8.45 Å². The first-order valence-corrected chi connectivity index (χ1v) is 7.13. The molecule has 18 heavy (non-hydrogen) atoms. The SMILES string of the molecule is Nc1ccccc1-c1noc(-c2csc(I)c2)n1. The molecule has 2 N–H and O–H groups in total. The minimum absolute atomic E-state index is 0.518. The fourth-order valence-electron chi connectivity index (χ4n) is 1.57.